The lowest BCUT2D eigenvalue weighted by Gasteiger charge is -2.18. The molecule has 0 bridgehead atoms. The molecule has 0 saturated heterocycles. The van der Waals surface area contributed by atoms with Crippen molar-refractivity contribution in [3.63, 3.8) is 0 Å². The van der Waals surface area contributed by atoms with E-state index in [9.17, 15) is 0 Å². The third kappa shape index (κ3) is 2.88. The van der Waals surface area contributed by atoms with Gasteiger partial charge in [0.05, 0.1) is 29.5 Å². The minimum absolute atomic E-state index is 0.269. The summed E-state index contributed by atoms with van der Waals surface area (Å²) in [7, 11) is 1.67. The smallest absolute Gasteiger partial charge is 0.124 e. The van der Waals surface area contributed by atoms with Gasteiger partial charge in [-0.05, 0) is 40.9 Å². The average Bonchev–Trinajstić information content (AvgIpc) is 2.79. The predicted octanol–water partition coefficient (Wildman–Crippen LogP) is 3.42. The van der Waals surface area contributed by atoms with Gasteiger partial charge in [0.1, 0.15) is 5.75 Å². The minimum Gasteiger partial charge on any atom is -0.496 e. The van der Waals surface area contributed by atoms with E-state index in [1.165, 1.54) is 0 Å². The fraction of sp³-hybridized carbons (Fsp3) is 0.400. The van der Waals surface area contributed by atoms with Crippen molar-refractivity contribution in [3.05, 3.63) is 45.7 Å². The van der Waals surface area contributed by atoms with Crippen LogP contribution in [-0.4, -0.2) is 16.9 Å². The fourth-order valence-electron chi connectivity index (χ4n) is 2.29. The Labute approximate surface area is 128 Å². The molecule has 108 valence electrons. The SMILES string of the molecule is CCCn1ncc(Br)c1C(N)c1ccc(C)cc1OC. The van der Waals surface area contributed by atoms with Gasteiger partial charge in [-0.1, -0.05) is 19.1 Å². The first-order chi connectivity index (χ1) is 9.58. The number of nitrogens with zero attached hydrogens (tertiary/aromatic N) is 2. The highest BCUT2D eigenvalue weighted by Gasteiger charge is 2.21. The van der Waals surface area contributed by atoms with Crippen LogP contribution >= 0.6 is 15.9 Å². The second-order valence-electron chi connectivity index (χ2n) is 4.82. The van der Waals surface area contributed by atoms with E-state index in [1.807, 2.05) is 29.8 Å². The van der Waals surface area contributed by atoms with E-state index >= 15 is 0 Å². The molecule has 2 N–H and O–H groups in total. The molecule has 0 aliphatic heterocycles. The van der Waals surface area contributed by atoms with Crippen molar-refractivity contribution in [2.24, 2.45) is 5.73 Å². The highest BCUT2D eigenvalue weighted by molar-refractivity contribution is 9.10. The Balaban J connectivity index is 2.45. The number of halogens is 1. The van der Waals surface area contributed by atoms with Gasteiger partial charge < -0.3 is 10.5 Å². The summed E-state index contributed by atoms with van der Waals surface area (Å²) in [5.74, 6) is 0.814. The number of nitrogens with two attached hydrogens (primary N) is 1. The quantitative estimate of drug-likeness (QED) is 0.909. The molecule has 5 heteroatoms. The van der Waals surface area contributed by atoms with Gasteiger partial charge in [-0.15, -0.1) is 0 Å². The Bertz CT molecular complexity index is 595. The molecular formula is C15H20BrN3O. The molecule has 0 spiro atoms. The van der Waals surface area contributed by atoms with E-state index < -0.39 is 0 Å². The maximum atomic E-state index is 6.45. The van der Waals surface area contributed by atoms with E-state index in [0.29, 0.717) is 0 Å². The molecule has 0 aliphatic rings. The minimum atomic E-state index is -0.269. The Kier molecular flexibility index (Phi) is 4.83. The number of aromatic nitrogens is 2. The molecule has 1 heterocycles. The lowest BCUT2D eigenvalue weighted by molar-refractivity contribution is 0.406. The molecule has 1 aromatic carbocycles. The molecule has 0 aliphatic carbocycles. The van der Waals surface area contributed by atoms with Gasteiger partial charge in [-0.3, -0.25) is 4.68 Å². The number of hydrogen-bond donors (Lipinski definition) is 1. The molecule has 20 heavy (non-hydrogen) atoms. The summed E-state index contributed by atoms with van der Waals surface area (Å²) in [6.45, 7) is 5.01. The lowest BCUT2D eigenvalue weighted by atomic mass is 10.0. The van der Waals surface area contributed by atoms with E-state index in [0.717, 1.165) is 40.0 Å². The van der Waals surface area contributed by atoms with Crippen LogP contribution in [-0.2, 0) is 6.54 Å². The zero-order chi connectivity index (χ0) is 14.7. The van der Waals surface area contributed by atoms with Crippen molar-refractivity contribution in [3.8, 4) is 5.75 Å². The molecule has 0 radical (unpaired) electrons. The molecule has 0 fully saturated rings. The van der Waals surface area contributed by atoms with Gasteiger partial charge in [-0.2, -0.15) is 5.10 Å². The zero-order valence-corrected chi connectivity index (χ0v) is 13.6. The van der Waals surface area contributed by atoms with Crippen molar-refractivity contribution in [2.45, 2.75) is 32.9 Å². The van der Waals surface area contributed by atoms with E-state index in [2.05, 4.69) is 28.0 Å². The fourth-order valence-corrected chi connectivity index (χ4v) is 2.84. The first-order valence-electron chi connectivity index (χ1n) is 6.69. The van der Waals surface area contributed by atoms with Crippen molar-refractivity contribution >= 4 is 15.9 Å². The number of hydrogen-bond acceptors (Lipinski definition) is 3. The third-order valence-corrected chi connectivity index (χ3v) is 3.90. The van der Waals surface area contributed by atoms with Crippen LogP contribution < -0.4 is 10.5 Å². The van der Waals surface area contributed by atoms with Gasteiger partial charge in [0, 0.05) is 12.1 Å². The van der Waals surface area contributed by atoms with Gasteiger partial charge in [0.25, 0.3) is 0 Å². The van der Waals surface area contributed by atoms with Gasteiger partial charge in [0.15, 0.2) is 0 Å². The molecule has 2 aromatic rings. The van der Waals surface area contributed by atoms with Crippen molar-refractivity contribution < 1.29 is 4.74 Å². The summed E-state index contributed by atoms with van der Waals surface area (Å²) < 4.78 is 8.34. The number of ether oxygens (including phenoxy) is 1. The first kappa shape index (κ1) is 15.1. The standard InChI is InChI=1S/C15H20BrN3O/c1-4-7-19-15(12(16)9-18-19)14(17)11-6-5-10(2)8-13(11)20-3/h5-6,8-9,14H,4,7,17H2,1-3H3. The van der Waals surface area contributed by atoms with E-state index in [-0.39, 0.29) is 6.04 Å². The van der Waals surface area contributed by atoms with Crippen LogP contribution in [0.2, 0.25) is 0 Å². The summed E-state index contributed by atoms with van der Waals surface area (Å²) in [5, 5.41) is 4.37. The number of aryl methyl sites for hydroxylation is 2. The normalized spacial score (nSPS) is 12.4. The predicted molar refractivity (Wildman–Crippen MR) is 84.0 cm³/mol. The number of rotatable bonds is 5. The van der Waals surface area contributed by atoms with Crippen LogP contribution in [0.15, 0.2) is 28.9 Å². The van der Waals surface area contributed by atoms with Crippen molar-refractivity contribution in [1.29, 1.82) is 0 Å². The third-order valence-electron chi connectivity index (χ3n) is 3.29. The maximum Gasteiger partial charge on any atom is 0.124 e. The number of methoxy groups -OCH3 is 1. The maximum absolute atomic E-state index is 6.45. The van der Waals surface area contributed by atoms with Crippen LogP contribution in [0.1, 0.15) is 36.2 Å². The molecule has 1 atom stereocenters. The van der Waals surface area contributed by atoms with Crippen LogP contribution in [0.4, 0.5) is 0 Å². The monoisotopic (exact) mass is 337 g/mol. The molecule has 1 aromatic heterocycles. The topological polar surface area (TPSA) is 53.1 Å². The Hall–Kier alpha value is -1.33. The Morgan fingerprint density at radius 3 is 2.85 bits per heavy atom. The molecule has 1 unspecified atom stereocenters. The summed E-state index contributed by atoms with van der Waals surface area (Å²) >= 11 is 3.54. The average molecular weight is 338 g/mol. The highest BCUT2D eigenvalue weighted by Crippen LogP contribution is 2.32. The molecule has 0 saturated carbocycles. The van der Waals surface area contributed by atoms with Crippen molar-refractivity contribution in [2.75, 3.05) is 7.11 Å². The van der Waals surface area contributed by atoms with Crippen LogP contribution in [0.25, 0.3) is 0 Å². The van der Waals surface area contributed by atoms with Gasteiger partial charge in [0.2, 0.25) is 0 Å². The van der Waals surface area contributed by atoms with Crippen LogP contribution in [0, 0.1) is 6.92 Å². The van der Waals surface area contributed by atoms with Gasteiger partial charge >= 0.3 is 0 Å². The molecular weight excluding hydrogens is 318 g/mol. The summed E-state index contributed by atoms with van der Waals surface area (Å²) in [5.41, 5.74) is 9.55. The number of benzene rings is 1. The largest absolute Gasteiger partial charge is 0.496 e. The van der Waals surface area contributed by atoms with Crippen LogP contribution in [0.3, 0.4) is 0 Å². The highest BCUT2D eigenvalue weighted by atomic mass is 79.9. The summed E-state index contributed by atoms with van der Waals surface area (Å²) in [6, 6.07) is 5.80. The van der Waals surface area contributed by atoms with E-state index in [4.69, 9.17) is 10.5 Å². The first-order valence-corrected chi connectivity index (χ1v) is 7.49. The second-order valence-corrected chi connectivity index (χ2v) is 5.68. The summed E-state index contributed by atoms with van der Waals surface area (Å²) in [6.07, 6.45) is 2.81. The van der Waals surface area contributed by atoms with Crippen molar-refractivity contribution in [1.82, 2.24) is 9.78 Å². The Morgan fingerprint density at radius 1 is 1.45 bits per heavy atom. The summed E-state index contributed by atoms with van der Waals surface area (Å²) in [4.78, 5) is 0. The van der Waals surface area contributed by atoms with E-state index in [1.54, 1.807) is 13.3 Å². The molecule has 0 amide bonds. The Morgan fingerprint density at radius 2 is 2.20 bits per heavy atom. The molecule has 4 nitrogen and oxygen atoms in total. The van der Waals surface area contributed by atoms with Gasteiger partial charge in [-0.25, -0.2) is 0 Å². The zero-order valence-electron chi connectivity index (χ0n) is 12.1. The second kappa shape index (κ2) is 6.41. The van der Waals surface area contributed by atoms with Crippen LogP contribution in [0.5, 0.6) is 5.75 Å². The molecule has 2 rings (SSSR count). The lowest BCUT2D eigenvalue weighted by Crippen LogP contribution is -2.19.